The number of hydrogen-bond acceptors (Lipinski definition) is 4. The van der Waals surface area contributed by atoms with Crippen molar-refractivity contribution >= 4 is 16.9 Å². The van der Waals surface area contributed by atoms with E-state index >= 15 is 0 Å². The van der Waals surface area contributed by atoms with E-state index in [0.29, 0.717) is 60.8 Å². The van der Waals surface area contributed by atoms with Crippen molar-refractivity contribution < 1.29 is 22.7 Å². The van der Waals surface area contributed by atoms with Crippen LogP contribution in [0.3, 0.4) is 0 Å². The van der Waals surface area contributed by atoms with Crippen molar-refractivity contribution in [3.8, 4) is 11.3 Å². The number of hydrogen-bond donors (Lipinski definition) is 1. The number of nitrogens with zero attached hydrogens (tertiary/aromatic N) is 4. The average molecular weight is 510 g/mol. The Morgan fingerprint density at radius 2 is 1.81 bits per heavy atom. The lowest BCUT2D eigenvalue weighted by Crippen LogP contribution is -2.39. The molecule has 0 bridgehead atoms. The number of amides is 1. The van der Waals surface area contributed by atoms with Gasteiger partial charge in [0.15, 0.2) is 0 Å². The van der Waals surface area contributed by atoms with Crippen LogP contribution in [-0.4, -0.2) is 50.3 Å². The molecule has 6 rings (SSSR count). The molecule has 2 saturated heterocycles. The fourth-order valence-corrected chi connectivity index (χ4v) is 5.37. The van der Waals surface area contributed by atoms with Crippen LogP contribution in [0.15, 0.2) is 54.6 Å². The Bertz CT molecular complexity index is 1420. The number of piperidine rings is 1. The fraction of sp³-hybridized carbons (Fsp3) is 0.370. The summed E-state index contributed by atoms with van der Waals surface area (Å²) in [6.45, 7) is 1.66. The van der Waals surface area contributed by atoms with Crippen molar-refractivity contribution in [1.29, 1.82) is 0 Å². The molecule has 7 nitrogen and oxygen atoms in total. The Balaban J connectivity index is 1.23. The van der Waals surface area contributed by atoms with E-state index in [4.69, 9.17) is 4.74 Å². The van der Waals surface area contributed by atoms with Crippen molar-refractivity contribution in [2.75, 3.05) is 19.7 Å². The number of aromatic amines is 1. The highest BCUT2D eigenvalue weighted by atomic mass is 19.4. The average Bonchev–Trinajstić information content (AvgIpc) is 3.68. The van der Waals surface area contributed by atoms with Gasteiger partial charge in [0, 0.05) is 31.3 Å². The van der Waals surface area contributed by atoms with Crippen LogP contribution in [0.5, 0.6) is 0 Å². The van der Waals surface area contributed by atoms with Crippen LogP contribution in [0.1, 0.15) is 59.7 Å². The smallest absolute Gasteiger partial charge is 0.370 e. The molecule has 0 spiro atoms. The zero-order valence-electron chi connectivity index (χ0n) is 20.0. The van der Waals surface area contributed by atoms with Gasteiger partial charge in [-0.15, -0.1) is 0 Å². The number of carbonyl (C=O) groups excluding carboxylic acids is 1. The predicted octanol–water partition coefficient (Wildman–Crippen LogP) is 5.77. The molecule has 1 amide bonds. The predicted molar refractivity (Wildman–Crippen MR) is 131 cm³/mol. The highest BCUT2D eigenvalue weighted by Crippen LogP contribution is 2.38. The number of imidazole rings is 1. The molecule has 10 heteroatoms. The number of aromatic nitrogens is 4. The molecule has 1 N–H and O–H groups in total. The number of benzene rings is 2. The van der Waals surface area contributed by atoms with Gasteiger partial charge >= 0.3 is 6.18 Å². The van der Waals surface area contributed by atoms with Crippen molar-refractivity contribution in [1.82, 2.24) is 24.6 Å². The normalized spacial score (nSPS) is 19.1. The topological polar surface area (TPSA) is 76.0 Å². The van der Waals surface area contributed by atoms with Crippen LogP contribution in [-0.2, 0) is 10.9 Å². The van der Waals surface area contributed by atoms with Gasteiger partial charge in [0.25, 0.3) is 5.91 Å². The molecule has 2 aliphatic heterocycles. The maximum absolute atomic E-state index is 13.3. The molecule has 1 unspecified atom stereocenters. The third-order valence-electron chi connectivity index (χ3n) is 7.26. The molecule has 2 aromatic heterocycles. The number of H-pyrrole nitrogens is 1. The van der Waals surface area contributed by atoms with Crippen molar-refractivity contribution in [3.05, 3.63) is 71.7 Å². The van der Waals surface area contributed by atoms with E-state index in [9.17, 15) is 18.0 Å². The molecule has 1 atom stereocenters. The van der Waals surface area contributed by atoms with Gasteiger partial charge in [-0.1, -0.05) is 30.3 Å². The third kappa shape index (κ3) is 4.50. The van der Waals surface area contributed by atoms with Crippen LogP contribution >= 0.6 is 0 Å². The largest absolute Gasteiger partial charge is 0.416 e. The van der Waals surface area contributed by atoms with Gasteiger partial charge in [0.1, 0.15) is 17.6 Å². The first-order chi connectivity index (χ1) is 17.9. The fourth-order valence-electron chi connectivity index (χ4n) is 5.37. The summed E-state index contributed by atoms with van der Waals surface area (Å²) in [4.78, 5) is 19.6. The molecule has 4 heterocycles. The molecule has 4 aromatic rings. The highest BCUT2D eigenvalue weighted by molar-refractivity contribution is 5.93. The first-order valence-electron chi connectivity index (χ1n) is 12.5. The number of carbonyl (C=O) groups is 1. The molecule has 2 fully saturated rings. The highest BCUT2D eigenvalue weighted by Gasteiger charge is 2.34. The van der Waals surface area contributed by atoms with Gasteiger partial charge in [-0.25, -0.2) is 4.98 Å². The lowest BCUT2D eigenvalue weighted by atomic mass is 10.0. The van der Waals surface area contributed by atoms with E-state index in [2.05, 4.69) is 19.7 Å². The van der Waals surface area contributed by atoms with Gasteiger partial charge in [0.2, 0.25) is 0 Å². The Labute approximate surface area is 211 Å². The number of likely N-dealkylation sites (tertiary alicyclic amines) is 1. The Hall–Kier alpha value is -3.66. The summed E-state index contributed by atoms with van der Waals surface area (Å²) >= 11 is 0. The first kappa shape index (κ1) is 23.7. The maximum Gasteiger partial charge on any atom is 0.416 e. The molecule has 2 aliphatic rings. The van der Waals surface area contributed by atoms with Gasteiger partial charge in [0.05, 0.1) is 22.3 Å². The Morgan fingerprint density at radius 1 is 1.03 bits per heavy atom. The van der Waals surface area contributed by atoms with E-state index < -0.39 is 11.7 Å². The van der Waals surface area contributed by atoms with Gasteiger partial charge in [-0.3, -0.25) is 9.89 Å². The van der Waals surface area contributed by atoms with Gasteiger partial charge < -0.3 is 14.2 Å². The van der Waals surface area contributed by atoms with Gasteiger partial charge in [-0.05, 0) is 49.9 Å². The summed E-state index contributed by atoms with van der Waals surface area (Å²) in [6.07, 6.45) is -1.65. The summed E-state index contributed by atoms with van der Waals surface area (Å²) in [5.74, 6) is 0.565. The number of ether oxygens (including phenoxy) is 1. The van der Waals surface area contributed by atoms with Crippen LogP contribution in [0.25, 0.3) is 22.3 Å². The van der Waals surface area contributed by atoms with Crippen LogP contribution in [0, 0.1) is 0 Å². The molecule has 0 radical (unpaired) electrons. The summed E-state index contributed by atoms with van der Waals surface area (Å²) in [7, 11) is 0. The summed E-state index contributed by atoms with van der Waals surface area (Å²) in [6, 6.07) is 15.2. The Morgan fingerprint density at radius 3 is 2.51 bits per heavy atom. The number of rotatable bonds is 4. The number of fused-ring (bicyclic) bond motifs is 1. The maximum atomic E-state index is 13.3. The minimum atomic E-state index is -4.43. The van der Waals surface area contributed by atoms with Crippen LogP contribution < -0.4 is 0 Å². The molecule has 0 aliphatic carbocycles. The SMILES string of the molecule is O=C(c1cc(-c2ccccc2)n[nH]1)N1CCC(n2c(C3CCCO3)nc3cc(C(F)(F)F)ccc32)CC1. The molecule has 37 heavy (non-hydrogen) atoms. The first-order valence-corrected chi connectivity index (χ1v) is 12.5. The van der Waals surface area contributed by atoms with Gasteiger partial charge in [-0.2, -0.15) is 18.3 Å². The van der Waals surface area contributed by atoms with Crippen LogP contribution in [0.4, 0.5) is 13.2 Å². The molecular formula is C27H26F3N5O2. The third-order valence-corrected chi connectivity index (χ3v) is 7.26. The number of alkyl halides is 3. The zero-order chi connectivity index (χ0) is 25.6. The standard InChI is InChI=1S/C27H26F3N5O2/c28-27(29,30)18-8-9-23-21(15-18)31-25(24-7-4-14-37-24)35(23)19-10-12-34(13-11-19)26(36)22-16-20(32-33-22)17-5-2-1-3-6-17/h1-3,5-6,8-9,15-16,19,24H,4,7,10-14H2,(H,32,33). The second kappa shape index (κ2) is 9.33. The molecule has 0 saturated carbocycles. The quantitative estimate of drug-likeness (QED) is 0.379. The van der Waals surface area contributed by atoms with E-state index in [1.54, 1.807) is 11.0 Å². The second-order valence-electron chi connectivity index (χ2n) is 9.60. The number of nitrogens with one attached hydrogen (secondary N) is 1. The molecular weight excluding hydrogens is 483 g/mol. The van der Waals surface area contributed by atoms with Crippen molar-refractivity contribution in [2.24, 2.45) is 0 Å². The van der Waals surface area contributed by atoms with E-state index in [1.165, 1.54) is 6.07 Å². The van der Waals surface area contributed by atoms with E-state index in [-0.39, 0.29) is 18.1 Å². The second-order valence-corrected chi connectivity index (χ2v) is 9.60. The summed E-state index contributed by atoms with van der Waals surface area (Å²) in [5, 5.41) is 7.16. The van der Waals surface area contributed by atoms with E-state index in [1.807, 2.05) is 30.3 Å². The minimum absolute atomic E-state index is 0.00614. The Kier molecular flexibility index (Phi) is 5.98. The molecule has 192 valence electrons. The van der Waals surface area contributed by atoms with Crippen molar-refractivity contribution in [3.63, 3.8) is 0 Å². The minimum Gasteiger partial charge on any atom is -0.370 e. The van der Waals surface area contributed by atoms with Crippen LogP contribution in [0.2, 0.25) is 0 Å². The summed E-state index contributed by atoms with van der Waals surface area (Å²) in [5.41, 5.74) is 2.36. The lowest BCUT2D eigenvalue weighted by molar-refractivity contribution is -0.137. The lowest BCUT2D eigenvalue weighted by Gasteiger charge is -2.33. The molecule has 2 aromatic carbocycles. The van der Waals surface area contributed by atoms with E-state index in [0.717, 1.165) is 30.5 Å². The monoisotopic (exact) mass is 509 g/mol. The van der Waals surface area contributed by atoms with Crippen molar-refractivity contribution in [2.45, 2.75) is 44.0 Å². The number of halogens is 3. The summed E-state index contributed by atoms with van der Waals surface area (Å²) < 4.78 is 47.9. The zero-order valence-corrected chi connectivity index (χ0v) is 20.0.